The molecule has 2 aliphatic carbocycles. The Hall–Kier alpha value is -2.55. The summed E-state index contributed by atoms with van der Waals surface area (Å²) in [5, 5.41) is 14.4. The van der Waals surface area contributed by atoms with Crippen LogP contribution in [0.15, 0.2) is 54.6 Å². The lowest BCUT2D eigenvalue weighted by molar-refractivity contribution is 0.286. The van der Waals surface area contributed by atoms with Crippen molar-refractivity contribution < 1.29 is 5.11 Å². The normalized spacial score (nSPS) is 17.5. The predicted molar refractivity (Wildman–Crippen MR) is 104 cm³/mol. The van der Waals surface area contributed by atoms with Crippen LogP contribution in [0.25, 0.3) is 29.0 Å². The molecule has 0 heterocycles. The van der Waals surface area contributed by atoms with Gasteiger partial charge in [0.1, 0.15) is 0 Å². The lowest BCUT2D eigenvalue weighted by Gasteiger charge is -2.18. The van der Waals surface area contributed by atoms with Crippen molar-refractivity contribution in [1.29, 1.82) is 0 Å². The van der Waals surface area contributed by atoms with Crippen molar-refractivity contribution >= 4 is 46.1 Å². The molecule has 1 atom stereocenters. The first-order chi connectivity index (χ1) is 11.7. The van der Waals surface area contributed by atoms with E-state index in [0.717, 1.165) is 32.0 Å². The maximum Gasteiger partial charge on any atom is 0.0914 e. The van der Waals surface area contributed by atoms with E-state index in [9.17, 15) is 5.11 Å². The third-order valence-electron chi connectivity index (χ3n) is 4.80. The molecular formula is C22H14OS. The Labute approximate surface area is 144 Å². The minimum absolute atomic E-state index is 0.520. The second-order valence-corrected chi connectivity index (χ2v) is 6.75. The van der Waals surface area contributed by atoms with E-state index in [4.69, 9.17) is 12.2 Å². The second-order valence-electron chi connectivity index (χ2n) is 6.34. The fourth-order valence-electron chi connectivity index (χ4n) is 3.58. The first-order valence-corrected chi connectivity index (χ1v) is 8.41. The molecule has 0 aromatic heterocycles. The molecule has 0 amide bonds. The van der Waals surface area contributed by atoms with Crippen LogP contribution in [0.1, 0.15) is 22.3 Å². The van der Waals surface area contributed by atoms with Crippen molar-refractivity contribution in [3.63, 3.8) is 0 Å². The highest BCUT2D eigenvalue weighted by Crippen LogP contribution is 2.25. The van der Waals surface area contributed by atoms with Crippen LogP contribution in [-0.4, -0.2) is 16.1 Å². The molecule has 24 heavy (non-hydrogen) atoms. The smallest absolute Gasteiger partial charge is 0.0914 e. The molecule has 1 N–H and O–H groups in total. The molecule has 0 saturated heterocycles. The molecule has 0 radical (unpaired) electrons. The van der Waals surface area contributed by atoms with Gasteiger partial charge in [-0.2, -0.15) is 0 Å². The van der Waals surface area contributed by atoms with Gasteiger partial charge in [0.05, 0.1) is 11.0 Å². The first-order valence-electron chi connectivity index (χ1n) is 8.00. The number of benzene rings is 3. The number of thiocarbonyl (C=S) groups is 1. The maximum absolute atomic E-state index is 9.82. The van der Waals surface area contributed by atoms with Gasteiger partial charge in [0.15, 0.2) is 0 Å². The largest absolute Gasteiger partial charge is 0.385 e. The predicted octanol–water partition coefficient (Wildman–Crippen LogP) is 2.92. The minimum atomic E-state index is -0.520. The van der Waals surface area contributed by atoms with Crippen LogP contribution in [0.5, 0.6) is 0 Å². The van der Waals surface area contributed by atoms with E-state index in [2.05, 4.69) is 54.6 Å². The molecule has 0 bridgehead atoms. The molecule has 0 fully saturated rings. The summed E-state index contributed by atoms with van der Waals surface area (Å²) in [5.74, 6) is 0. The van der Waals surface area contributed by atoms with Gasteiger partial charge in [0.25, 0.3) is 0 Å². The molecule has 0 saturated carbocycles. The van der Waals surface area contributed by atoms with Crippen LogP contribution >= 0.6 is 12.2 Å². The van der Waals surface area contributed by atoms with Gasteiger partial charge in [-0.3, -0.25) is 0 Å². The highest BCUT2D eigenvalue weighted by molar-refractivity contribution is 7.81. The van der Waals surface area contributed by atoms with Gasteiger partial charge in [0, 0.05) is 11.1 Å². The van der Waals surface area contributed by atoms with Crippen molar-refractivity contribution in [3.8, 4) is 0 Å². The van der Waals surface area contributed by atoms with E-state index in [0.29, 0.717) is 0 Å². The zero-order chi connectivity index (χ0) is 16.3. The third kappa shape index (κ3) is 2.01. The van der Waals surface area contributed by atoms with Gasteiger partial charge in [-0.1, -0.05) is 48.6 Å². The molecular weight excluding hydrogens is 312 g/mol. The van der Waals surface area contributed by atoms with E-state index < -0.39 is 6.10 Å². The van der Waals surface area contributed by atoms with E-state index in [1.165, 1.54) is 16.3 Å². The number of hydrogen-bond donors (Lipinski definition) is 1. The van der Waals surface area contributed by atoms with Gasteiger partial charge in [0.2, 0.25) is 0 Å². The molecule has 2 aliphatic rings. The molecule has 0 aliphatic heterocycles. The summed E-state index contributed by atoms with van der Waals surface area (Å²) in [7, 11) is 0. The molecule has 1 unspecified atom stereocenters. The highest BCUT2D eigenvalue weighted by atomic mass is 32.1. The number of aliphatic hydroxyl groups excluding tert-OH is 1. The zero-order valence-electron chi connectivity index (χ0n) is 12.9. The van der Waals surface area contributed by atoms with E-state index in [1.54, 1.807) is 6.08 Å². The molecule has 3 aromatic rings. The quantitative estimate of drug-likeness (QED) is 0.502. The first kappa shape index (κ1) is 13.8. The van der Waals surface area contributed by atoms with Crippen molar-refractivity contribution in [2.45, 2.75) is 6.10 Å². The van der Waals surface area contributed by atoms with Crippen LogP contribution in [0, 0.1) is 0 Å². The van der Waals surface area contributed by atoms with Gasteiger partial charge in [-0.15, -0.1) is 0 Å². The van der Waals surface area contributed by atoms with Crippen molar-refractivity contribution in [1.82, 2.24) is 0 Å². The average molecular weight is 326 g/mol. The minimum Gasteiger partial charge on any atom is -0.385 e. The summed E-state index contributed by atoms with van der Waals surface area (Å²) in [6, 6.07) is 17.0. The molecule has 2 heteroatoms. The number of aliphatic hydroxyl groups is 1. The Bertz CT molecular complexity index is 1180. The highest BCUT2D eigenvalue weighted by Gasteiger charge is 2.17. The lowest BCUT2D eigenvalue weighted by atomic mass is 9.88. The Morgan fingerprint density at radius 2 is 1.62 bits per heavy atom. The van der Waals surface area contributed by atoms with Gasteiger partial charge < -0.3 is 5.11 Å². The molecule has 1 nitrogen and oxygen atoms in total. The Morgan fingerprint density at radius 3 is 2.46 bits per heavy atom. The average Bonchev–Trinajstić information content (AvgIpc) is 2.59. The van der Waals surface area contributed by atoms with Crippen LogP contribution in [0.4, 0.5) is 0 Å². The van der Waals surface area contributed by atoms with Crippen molar-refractivity contribution in [2.75, 3.05) is 0 Å². The summed E-state index contributed by atoms with van der Waals surface area (Å²) >= 11 is 5.80. The summed E-state index contributed by atoms with van der Waals surface area (Å²) in [4.78, 5) is 0.883. The van der Waals surface area contributed by atoms with Crippen LogP contribution in [0.2, 0.25) is 0 Å². The molecule has 5 rings (SSSR count). The molecule has 0 spiro atoms. The Balaban J connectivity index is 1.84. The fourth-order valence-corrected chi connectivity index (χ4v) is 3.94. The lowest BCUT2D eigenvalue weighted by Crippen LogP contribution is -2.27. The van der Waals surface area contributed by atoms with E-state index >= 15 is 0 Å². The van der Waals surface area contributed by atoms with E-state index in [1.807, 2.05) is 12.2 Å². The van der Waals surface area contributed by atoms with Gasteiger partial charge in [-0.05, 0) is 68.8 Å². The third-order valence-corrected chi connectivity index (χ3v) is 5.24. The SMILES string of the molecule is OC1C=Cc2cc3c(cc2=C1)C(=S)c1cc2ccccc2cc1C=3. The van der Waals surface area contributed by atoms with Gasteiger partial charge >= 0.3 is 0 Å². The van der Waals surface area contributed by atoms with Crippen LogP contribution in [0.3, 0.4) is 0 Å². The number of hydrogen-bond acceptors (Lipinski definition) is 2. The van der Waals surface area contributed by atoms with Crippen LogP contribution < -0.4 is 10.4 Å². The summed E-state index contributed by atoms with van der Waals surface area (Å²) in [5.41, 5.74) is 4.49. The molecule has 3 aromatic carbocycles. The number of rotatable bonds is 0. The summed E-state index contributed by atoms with van der Waals surface area (Å²) < 4.78 is 0. The van der Waals surface area contributed by atoms with E-state index in [-0.39, 0.29) is 0 Å². The van der Waals surface area contributed by atoms with Crippen LogP contribution in [-0.2, 0) is 0 Å². The van der Waals surface area contributed by atoms with Crippen molar-refractivity contribution in [3.05, 3.63) is 87.3 Å². The summed E-state index contributed by atoms with van der Waals surface area (Å²) in [6.07, 6.45) is 7.35. The second kappa shape index (κ2) is 4.97. The number of fused-ring (bicyclic) bond motifs is 4. The van der Waals surface area contributed by atoms with Gasteiger partial charge in [-0.25, -0.2) is 0 Å². The fraction of sp³-hybridized carbons (Fsp3) is 0.0455. The molecule has 114 valence electrons. The Morgan fingerprint density at radius 1 is 0.833 bits per heavy atom. The zero-order valence-corrected chi connectivity index (χ0v) is 13.7. The Kier molecular flexibility index (Phi) is 2.87. The standard InChI is InChI=1S/C22H14OS/c23-19-6-5-15-8-18-9-17-7-13-3-1-2-4-14(13)11-20(17)22(24)21(18)12-16(15)10-19/h1-12,19,23H. The van der Waals surface area contributed by atoms with Crippen molar-refractivity contribution in [2.24, 2.45) is 0 Å². The maximum atomic E-state index is 9.82. The summed E-state index contributed by atoms with van der Waals surface area (Å²) in [6.45, 7) is 0. The topological polar surface area (TPSA) is 20.2 Å². The monoisotopic (exact) mass is 326 g/mol.